The number of carbonyl (C=O) groups excluding carboxylic acids is 2. The second kappa shape index (κ2) is 9.41. The zero-order chi connectivity index (χ0) is 21.5. The quantitative estimate of drug-likeness (QED) is 0.428. The van der Waals surface area contributed by atoms with Gasteiger partial charge in [0, 0.05) is 5.56 Å². The molecule has 0 unspecified atom stereocenters. The molecule has 7 nitrogen and oxygen atoms in total. The number of urea groups is 1. The van der Waals surface area contributed by atoms with E-state index in [0.29, 0.717) is 11.5 Å². The van der Waals surface area contributed by atoms with Crippen molar-refractivity contribution in [2.75, 3.05) is 12.1 Å². The molecule has 1 heterocycles. The Kier molecular flexibility index (Phi) is 6.04. The number of rotatable bonds is 6. The zero-order valence-electron chi connectivity index (χ0n) is 16.7. The molecule has 0 fully saturated rings. The summed E-state index contributed by atoms with van der Waals surface area (Å²) in [5.41, 5.74) is 8.08. The summed E-state index contributed by atoms with van der Waals surface area (Å²) in [5.74, 6) is 0.211. The van der Waals surface area contributed by atoms with Gasteiger partial charge in [0.2, 0.25) is 0 Å². The van der Waals surface area contributed by atoms with Gasteiger partial charge in [-0.1, -0.05) is 78.9 Å². The number of para-hydroxylation sites is 1. The van der Waals surface area contributed by atoms with E-state index < -0.39 is 6.03 Å². The van der Waals surface area contributed by atoms with Crippen LogP contribution in [0.1, 0.15) is 11.1 Å². The molecule has 154 valence electrons. The number of nitrogens with one attached hydrogen (secondary N) is 3. The third-order valence-electron chi connectivity index (χ3n) is 4.57. The molecule has 0 aliphatic carbocycles. The Bertz CT molecular complexity index is 1110. The fourth-order valence-electron chi connectivity index (χ4n) is 3.06. The number of hydrazine groups is 1. The van der Waals surface area contributed by atoms with Gasteiger partial charge in [0.05, 0.1) is 5.69 Å². The number of anilines is 1. The van der Waals surface area contributed by atoms with Gasteiger partial charge in [0.25, 0.3) is 5.91 Å². The highest BCUT2D eigenvalue weighted by Gasteiger charge is 2.31. The Balaban J connectivity index is 1.48. The van der Waals surface area contributed by atoms with Crippen LogP contribution in [0.15, 0.2) is 102 Å². The number of hydrogen-bond acceptors (Lipinski definition) is 4. The lowest BCUT2D eigenvalue weighted by atomic mass is 10.2. The van der Waals surface area contributed by atoms with E-state index >= 15 is 0 Å². The Hall–Kier alpha value is -4.39. The van der Waals surface area contributed by atoms with Crippen molar-refractivity contribution in [3.05, 3.63) is 108 Å². The number of aliphatic imine (C=N–C) groups is 1. The first kappa shape index (κ1) is 19.9. The molecule has 0 saturated heterocycles. The lowest BCUT2D eigenvalue weighted by Crippen LogP contribution is -2.47. The predicted octanol–water partition coefficient (Wildman–Crippen LogP) is 3.60. The molecule has 3 aromatic rings. The van der Waals surface area contributed by atoms with Gasteiger partial charge < -0.3 is 5.32 Å². The fourth-order valence-corrected chi connectivity index (χ4v) is 3.06. The van der Waals surface area contributed by atoms with E-state index in [1.807, 2.05) is 91.0 Å². The SMILES string of the molecule is O=C(NCN1C(=O)/C(=C/c2ccccc2)N=C1c1ccccc1)NNc1ccccc1. The van der Waals surface area contributed by atoms with Crippen molar-refractivity contribution < 1.29 is 9.59 Å². The van der Waals surface area contributed by atoms with Crippen LogP contribution in [0.25, 0.3) is 6.08 Å². The van der Waals surface area contributed by atoms with Gasteiger partial charge >= 0.3 is 6.03 Å². The van der Waals surface area contributed by atoms with Crippen molar-refractivity contribution >= 4 is 29.5 Å². The highest BCUT2D eigenvalue weighted by atomic mass is 16.2. The van der Waals surface area contributed by atoms with E-state index in [-0.39, 0.29) is 12.6 Å². The van der Waals surface area contributed by atoms with Crippen molar-refractivity contribution in [1.82, 2.24) is 15.6 Å². The molecule has 7 heteroatoms. The van der Waals surface area contributed by atoms with Crippen molar-refractivity contribution in [3.8, 4) is 0 Å². The summed E-state index contributed by atoms with van der Waals surface area (Å²) < 4.78 is 0. The van der Waals surface area contributed by atoms with Gasteiger partial charge in [-0.25, -0.2) is 9.79 Å². The lowest BCUT2D eigenvalue weighted by molar-refractivity contribution is -0.122. The minimum absolute atomic E-state index is 0.0268. The van der Waals surface area contributed by atoms with Crippen LogP contribution in [0.3, 0.4) is 0 Å². The summed E-state index contributed by atoms with van der Waals surface area (Å²) in [6.45, 7) is -0.0268. The lowest BCUT2D eigenvalue weighted by Gasteiger charge is -2.19. The average molecular weight is 411 g/mol. The summed E-state index contributed by atoms with van der Waals surface area (Å²) in [7, 11) is 0. The van der Waals surface area contributed by atoms with Crippen LogP contribution >= 0.6 is 0 Å². The summed E-state index contributed by atoms with van der Waals surface area (Å²) in [6.07, 6.45) is 1.74. The van der Waals surface area contributed by atoms with Crippen LogP contribution in [-0.4, -0.2) is 29.3 Å². The molecule has 1 aliphatic rings. The standard InChI is InChI=1S/C24H21N5O2/c30-23-21(16-18-10-4-1-5-11-18)26-22(19-12-6-2-7-13-19)29(23)17-25-24(31)28-27-20-14-8-3-9-15-20/h1-16,27H,17H2,(H2,25,28,31)/b21-16-. The smallest absolute Gasteiger partial charge is 0.319 e. The highest BCUT2D eigenvalue weighted by Crippen LogP contribution is 2.21. The molecule has 0 aromatic heterocycles. The first-order valence-electron chi connectivity index (χ1n) is 9.78. The first-order valence-corrected chi connectivity index (χ1v) is 9.78. The molecule has 0 atom stereocenters. The molecule has 3 N–H and O–H groups in total. The maximum absolute atomic E-state index is 13.0. The van der Waals surface area contributed by atoms with E-state index in [9.17, 15) is 9.59 Å². The molecule has 0 saturated carbocycles. The van der Waals surface area contributed by atoms with Crippen LogP contribution in [0.4, 0.5) is 10.5 Å². The molecular formula is C24H21N5O2. The van der Waals surface area contributed by atoms with Crippen LogP contribution in [0.2, 0.25) is 0 Å². The van der Waals surface area contributed by atoms with Gasteiger partial charge in [0.1, 0.15) is 18.2 Å². The normalized spacial score (nSPS) is 14.3. The van der Waals surface area contributed by atoms with Crippen molar-refractivity contribution in [2.24, 2.45) is 4.99 Å². The van der Waals surface area contributed by atoms with Gasteiger partial charge in [-0.05, 0) is 23.8 Å². The van der Waals surface area contributed by atoms with E-state index in [1.54, 1.807) is 6.08 Å². The molecule has 3 aromatic carbocycles. The Labute approximate surface area is 180 Å². The molecular weight excluding hydrogens is 390 g/mol. The average Bonchev–Trinajstić information content (AvgIpc) is 3.13. The van der Waals surface area contributed by atoms with Gasteiger partial charge in [-0.2, -0.15) is 0 Å². The largest absolute Gasteiger partial charge is 0.334 e. The number of amides is 3. The summed E-state index contributed by atoms with van der Waals surface area (Å²) in [5, 5.41) is 2.69. The molecule has 0 bridgehead atoms. The Morgan fingerprint density at radius 2 is 1.48 bits per heavy atom. The van der Waals surface area contributed by atoms with E-state index in [1.165, 1.54) is 4.90 Å². The van der Waals surface area contributed by atoms with Crippen LogP contribution in [-0.2, 0) is 4.79 Å². The second-order valence-electron chi connectivity index (χ2n) is 6.75. The Morgan fingerprint density at radius 3 is 2.16 bits per heavy atom. The minimum atomic E-state index is -0.468. The molecule has 0 spiro atoms. The number of amidine groups is 1. The van der Waals surface area contributed by atoms with E-state index in [4.69, 9.17) is 0 Å². The number of carbonyl (C=O) groups is 2. The van der Waals surface area contributed by atoms with Gasteiger partial charge in [0.15, 0.2) is 0 Å². The third-order valence-corrected chi connectivity index (χ3v) is 4.57. The maximum atomic E-state index is 13.0. The van der Waals surface area contributed by atoms with Crippen LogP contribution in [0, 0.1) is 0 Å². The molecule has 31 heavy (non-hydrogen) atoms. The maximum Gasteiger partial charge on any atom is 0.334 e. The summed E-state index contributed by atoms with van der Waals surface area (Å²) >= 11 is 0. The first-order chi connectivity index (χ1) is 15.2. The van der Waals surface area contributed by atoms with Crippen LogP contribution < -0.4 is 16.2 Å². The van der Waals surface area contributed by atoms with E-state index in [0.717, 1.165) is 16.8 Å². The van der Waals surface area contributed by atoms with Crippen molar-refractivity contribution in [3.63, 3.8) is 0 Å². The second-order valence-corrected chi connectivity index (χ2v) is 6.75. The molecule has 0 radical (unpaired) electrons. The minimum Gasteiger partial charge on any atom is -0.319 e. The zero-order valence-corrected chi connectivity index (χ0v) is 16.7. The van der Waals surface area contributed by atoms with Crippen molar-refractivity contribution in [1.29, 1.82) is 0 Å². The van der Waals surface area contributed by atoms with Crippen molar-refractivity contribution in [2.45, 2.75) is 0 Å². The summed E-state index contributed by atoms with van der Waals surface area (Å²) in [6, 6.07) is 27.7. The monoisotopic (exact) mass is 411 g/mol. The van der Waals surface area contributed by atoms with E-state index in [2.05, 4.69) is 21.2 Å². The fraction of sp³-hybridized carbons (Fsp3) is 0.0417. The predicted molar refractivity (Wildman–Crippen MR) is 121 cm³/mol. The molecule has 4 rings (SSSR count). The number of hydrogen-bond donors (Lipinski definition) is 3. The van der Waals surface area contributed by atoms with Crippen LogP contribution in [0.5, 0.6) is 0 Å². The molecule has 3 amide bonds. The van der Waals surface area contributed by atoms with Gasteiger partial charge in [-0.15, -0.1) is 0 Å². The topological polar surface area (TPSA) is 85.8 Å². The number of benzene rings is 3. The highest BCUT2D eigenvalue weighted by molar-refractivity contribution is 6.19. The molecule has 1 aliphatic heterocycles. The Morgan fingerprint density at radius 1 is 0.871 bits per heavy atom. The number of nitrogens with zero attached hydrogens (tertiary/aromatic N) is 2. The van der Waals surface area contributed by atoms with Gasteiger partial charge in [-0.3, -0.25) is 20.5 Å². The summed E-state index contributed by atoms with van der Waals surface area (Å²) in [4.78, 5) is 31.3. The third kappa shape index (κ3) is 4.97.